The SMILES string of the molecule is CCOc1cccc([N+](=O)[O-])c1C(=O)NCCO. The van der Waals surface area contributed by atoms with E-state index in [2.05, 4.69) is 5.32 Å². The third-order valence-corrected chi connectivity index (χ3v) is 2.13. The number of aliphatic hydroxyl groups excluding tert-OH is 1. The first-order valence-electron chi connectivity index (χ1n) is 5.41. The molecule has 7 nitrogen and oxygen atoms in total. The predicted molar refractivity (Wildman–Crippen MR) is 63.7 cm³/mol. The fourth-order valence-corrected chi connectivity index (χ4v) is 1.43. The zero-order valence-corrected chi connectivity index (χ0v) is 9.88. The Labute approximate surface area is 104 Å². The van der Waals surface area contributed by atoms with Gasteiger partial charge >= 0.3 is 0 Å². The summed E-state index contributed by atoms with van der Waals surface area (Å²) in [7, 11) is 0. The number of nitro benzene ring substituents is 1. The van der Waals surface area contributed by atoms with Crippen LogP contribution in [0.2, 0.25) is 0 Å². The molecule has 0 bridgehead atoms. The first-order chi connectivity index (χ1) is 8.61. The van der Waals surface area contributed by atoms with Crippen LogP contribution in [0.25, 0.3) is 0 Å². The highest BCUT2D eigenvalue weighted by molar-refractivity contribution is 6.00. The fraction of sp³-hybridized carbons (Fsp3) is 0.364. The van der Waals surface area contributed by atoms with Gasteiger partial charge in [-0.05, 0) is 13.0 Å². The molecule has 7 heteroatoms. The molecule has 2 N–H and O–H groups in total. The molecule has 0 aliphatic heterocycles. The number of nitrogens with zero attached hydrogens (tertiary/aromatic N) is 1. The summed E-state index contributed by atoms with van der Waals surface area (Å²) in [5.41, 5.74) is -0.450. The van der Waals surface area contributed by atoms with Crippen molar-refractivity contribution >= 4 is 11.6 Å². The molecule has 1 aromatic carbocycles. The summed E-state index contributed by atoms with van der Waals surface area (Å²) in [5.74, 6) is -0.484. The molecule has 0 heterocycles. The molecule has 0 saturated heterocycles. The van der Waals surface area contributed by atoms with Gasteiger partial charge in [0.15, 0.2) is 5.56 Å². The lowest BCUT2D eigenvalue weighted by Gasteiger charge is -2.10. The van der Waals surface area contributed by atoms with Crippen molar-refractivity contribution in [1.29, 1.82) is 0 Å². The van der Waals surface area contributed by atoms with Gasteiger partial charge in [0, 0.05) is 12.6 Å². The third kappa shape index (κ3) is 3.17. The maximum Gasteiger partial charge on any atom is 0.285 e. The van der Waals surface area contributed by atoms with Crippen molar-refractivity contribution in [2.24, 2.45) is 0 Å². The van der Waals surface area contributed by atoms with Gasteiger partial charge in [-0.15, -0.1) is 0 Å². The fourth-order valence-electron chi connectivity index (χ4n) is 1.43. The van der Waals surface area contributed by atoms with Gasteiger partial charge in [-0.1, -0.05) is 6.07 Å². The highest BCUT2D eigenvalue weighted by Gasteiger charge is 2.24. The van der Waals surface area contributed by atoms with Gasteiger partial charge in [0.25, 0.3) is 11.6 Å². The van der Waals surface area contributed by atoms with Gasteiger partial charge in [0.2, 0.25) is 0 Å². The number of hydrogen-bond donors (Lipinski definition) is 2. The first-order valence-corrected chi connectivity index (χ1v) is 5.41. The molecular weight excluding hydrogens is 240 g/mol. The number of nitro groups is 1. The van der Waals surface area contributed by atoms with Crippen LogP contribution in [0.5, 0.6) is 5.75 Å². The van der Waals surface area contributed by atoms with E-state index in [0.29, 0.717) is 6.61 Å². The number of amides is 1. The maximum absolute atomic E-state index is 11.8. The van der Waals surface area contributed by atoms with Crippen LogP contribution in [0.3, 0.4) is 0 Å². The normalized spacial score (nSPS) is 9.89. The molecule has 0 aliphatic rings. The molecule has 0 aromatic heterocycles. The molecule has 18 heavy (non-hydrogen) atoms. The van der Waals surface area contributed by atoms with E-state index < -0.39 is 10.8 Å². The number of carbonyl (C=O) groups excluding carboxylic acids is 1. The van der Waals surface area contributed by atoms with Gasteiger partial charge in [-0.3, -0.25) is 14.9 Å². The lowest BCUT2D eigenvalue weighted by atomic mass is 10.1. The van der Waals surface area contributed by atoms with E-state index >= 15 is 0 Å². The Kier molecular flexibility index (Phi) is 5.06. The monoisotopic (exact) mass is 254 g/mol. The van der Waals surface area contributed by atoms with Crippen molar-refractivity contribution in [2.45, 2.75) is 6.92 Å². The Morgan fingerprint density at radius 3 is 2.83 bits per heavy atom. The number of hydrogen-bond acceptors (Lipinski definition) is 5. The van der Waals surface area contributed by atoms with Crippen LogP contribution in [0.4, 0.5) is 5.69 Å². The van der Waals surface area contributed by atoms with E-state index in [9.17, 15) is 14.9 Å². The average molecular weight is 254 g/mol. The second-order valence-corrected chi connectivity index (χ2v) is 3.32. The minimum absolute atomic E-state index is 0.0243. The Morgan fingerprint density at radius 2 is 2.28 bits per heavy atom. The smallest absolute Gasteiger partial charge is 0.285 e. The molecule has 0 fully saturated rings. The number of nitrogens with one attached hydrogen (secondary N) is 1. The maximum atomic E-state index is 11.8. The number of benzene rings is 1. The molecule has 0 saturated carbocycles. The zero-order chi connectivity index (χ0) is 13.5. The zero-order valence-electron chi connectivity index (χ0n) is 9.88. The molecule has 0 radical (unpaired) electrons. The van der Waals surface area contributed by atoms with Crippen molar-refractivity contribution in [3.05, 3.63) is 33.9 Å². The molecule has 0 aliphatic carbocycles. The van der Waals surface area contributed by atoms with Crippen LogP contribution in [0.1, 0.15) is 17.3 Å². The van der Waals surface area contributed by atoms with E-state index in [1.807, 2.05) is 0 Å². The van der Waals surface area contributed by atoms with Gasteiger partial charge < -0.3 is 15.2 Å². The van der Waals surface area contributed by atoms with E-state index in [0.717, 1.165) is 0 Å². The first kappa shape index (κ1) is 13.9. The lowest BCUT2D eigenvalue weighted by Crippen LogP contribution is -2.27. The van der Waals surface area contributed by atoms with Crippen LogP contribution >= 0.6 is 0 Å². The number of aliphatic hydroxyl groups is 1. The molecule has 1 amide bonds. The van der Waals surface area contributed by atoms with E-state index in [1.165, 1.54) is 18.2 Å². The van der Waals surface area contributed by atoms with Gasteiger partial charge in [0.05, 0.1) is 18.1 Å². The van der Waals surface area contributed by atoms with Crippen LogP contribution in [-0.2, 0) is 0 Å². The summed E-state index contributed by atoms with van der Waals surface area (Å²) in [6.45, 7) is 1.79. The second-order valence-electron chi connectivity index (χ2n) is 3.32. The minimum atomic E-state index is -0.642. The Morgan fingerprint density at radius 1 is 1.56 bits per heavy atom. The van der Waals surface area contributed by atoms with Crippen molar-refractivity contribution in [3.8, 4) is 5.75 Å². The van der Waals surface area contributed by atoms with E-state index in [-0.39, 0.29) is 30.2 Å². The predicted octanol–water partition coefficient (Wildman–Crippen LogP) is 0.716. The number of ether oxygens (including phenoxy) is 1. The molecule has 98 valence electrons. The summed E-state index contributed by atoms with van der Waals surface area (Å²) < 4.78 is 5.20. The van der Waals surface area contributed by atoms with Crippen LogP contribution in [0.15, 0.2) is 18.2 Å². The lowest BCUT2D eigenvalue weighted by molar-refractivity contribution is -0.385. The van der Waals surface area contributed by atoms with Gasteiger partial charge in [-0.2, -0.15) is 0 Å². The highest BCUT2D eigenvalue weighted by atomic mass is 16.6. The van der Waals surface area contributed by atoms with Crippen molar-refractivity contribution in [2.75, 3.05) is 19.8 Å². The number of carbonyl (C=O) groups is 1. The van der Waals surface area contributed by atoms with Crippen LogP contribution < -0.4 is 10.1 Å². The largest absolute Gasteiger partial charge is 0.493 e. The topological polar surface area (TPSA) is 102 Å². The molecule has 0 spiro atoms. The molecule has 1 aromatic rings. The minimum Gasteiger partial charge on any atom is -0.493 e. The van der Waals surface area contributed by atoms with Crippen LogP contribution in [-0.4, -0.2) is 35.7 Å². The Hall–Kier alpha value is -2.15. The summed E-state index contributed by atoms with van der Waals surface area (Å²) in [6.07, 6.45) is 0. The van der Waals surface area contributed by atoms with Gasteiger partial charge in [0.1, 0.15) is 5.75 Å². The van der Waals surface area contributed by atoms with Gasteiger partial charge in [-0.25, -0.2) is 0 Å². The molecule has 0 unspecified atom stereocenters. The number of rotatable bonds is 6. The molecule has 1 rings (SSSR count). The summed E-state index contributed by atoms with van der Waals surface area (Å²) in [5, 5.41) is 21.9. The Balaban J connectivity index is 3.17. The summed E-state index contributed by atoms with van der Waals surface area (Å²) in [6, 6.07) is 4.17. The summed E-state index contributed by atoms with van der Waals surface area (Å²) in [4.78, 5) is 22.1. The molecule has 0 atom stereocenters. The standard InChI is InChI=1S/C11H14N2O5/c1-2-18-9-5-3-4-8(13(16)17)10(9)11(15)12-6-7-14/h3-5,14H,2,6-7H2,1H3,(H,12,15). The Bertz CT molecular complexity index is 447. The van der Waals surface area contributed by atoms with E-state index in [1.54, 1.807) is 6.92 Å². The van der Waals surface area contributed by atoms with Crippen molar-refractivity contribution < 1.29 is 19.6 Å². The van der Waals surface area contributed by atoms with Crippen molar-refractivity contribution in [3.63, 3.8) is 0 Å². The average Bonchev–Trinajstić information content (AvgIpc) is 2.36. The quantitative estimate of drug-likeness (QED) is 0.575. The highest BCUT2D eigenvalue weighted by Crippen LogP contribution is 2.28. The summed E-state index contributed by atoms with van der Waals surface area (Å²) >= 11 is 0. The van der Waals surface area contributed by atoms with Crippen molar-refractivity contribution in [1.82, 2.24) is 5.32 Å². The third-order valence-electron chi connectivity index (χ3n) is 2.13. The second kappa shape index (κ2) is 6.55. The molecular formula is C11H14N2O5. The van der Waals surface area contributed by atoms with Crippen LogP contribution in [0, 0.1) is 10.1 Å². The van der Waals surface area contributed by atoms with E-state index in [4.69, 9.17) is 9.84 Å².